The van der Waals surface area contributed by atoms with Crippen molar-refractivity contribution in [3.05, 3.63) is 120 Å². The number of aryl methyl sites for hydroxylation is 1. The van der Waals surface area contributed by atoms with Crippen LogP contribution >= 0.6 is 0 Å². The molecule has 0 fully saturated rings. The maximum Gasteiger partial charge on any atom is 0.230 e. The van der Waals surface area contributed by atoms with Crippen molar-refractivity contribution in [1.82, 2.24) is 29.4 Å². The lowest BCUT2D eigenvalue weighted by Gasteiger charge is -2.26. The van der Waals surface area contributed by atoms with Crippen LogP contribution in [0.4, 0.5) is 0 Å². The van der Waals surface area contributed by atoms with E-state index in [1.54, 1.807) is 10.8 Å². The van der Waals surface area contributed by atoms with Gasteiger partial charge in [-0.3, -0.25) is 0 Å². The molecule has 0 spiro atoms. The Morgan fingerprint density at radius 2 is 1.46 bits per heavy atom. The van der Waals surface area contributed by atoms with Crippen LogP contribution in [0.3, 0.4) is 0 Å². The monoisotopic (exact) mass is 456 g/mol. The average molecular weight is 457 g/mol. The summed E-state index contributed by atoms with van der Waals surface area (Å²) >= 11 is 0. The molecule has 0 N–H and O–H groups in total. The van der Waals surface area contributed by atoms with E-state index in [0.717, 1.165) is 39.3 Å². The van der Waals surface area contributed by atoms with Gasteiger partial charge in [-0.1, -0.05) is 78.9 Å². The number of rotatable bonds is 3. The Balaban J connectivity index is 1.50. The second kappa shape index (κ2) is 7.63. The van der Waals surface area contributed by atoms with Gasteiger partial charge in [-0.05, 0) is 24.6 Å². The molecule has 0 bridgehead atoms. The zero-order valence-corrected chi connectivity index (χ0v) is 18.9. The van der Waals surface area contributed by atoms with Gasteiger partial charge in [0.15, 0.2) is 11.5 Å². The van der Waals surface area contributed by atoms with Gasteiger partial charge in [0, 0.05) is 5.56 Å². The van der Waals surface area contributed by atoms with Gasteiger partial charge < -0.3 is 4.74 Å². The topological polar surface area (TPSA) is 70.1 Å². The smallest absolute Gasteiger partial charge is 0.230 e. The highest BCUT2D eigenvalue weighted by Crippen LogP contribution is 2.49. The molecule has 4 heterocycles. The molecule has 0 saturated heterocycles. The molecule has 3 aromatic carbocycles. The number of para-hydroxylation sites is 1. The molecule has 168 valence electrons. The molecule has 6 aromatic rings. The van der Waals surface area contributed by atoms with Gasteiger partial charge in [-0.25, -0.2) is 19.2 Å². The third kappa shape index (κ3) is 3.05. The molecular weight excluding hydrogens is 436 g/mol. The first-order valence-electron chi connectivity index (χ1n) is 11.5. The van der Waals surface area contributed by atoms with Gasteiger partial charge >= 0.3 is 0 Å². The van der Waals surface area contributed by atoms with Crippen LogP contribution in [-0.2, 0) is 0 Å². The van der Waals surface area contributed by atoms with E-state index < -0.39 is 0 Å². The average Bonchev–Trinajstić information content (AvgIpc) is 3.50. The second-order valence-electron chi connectivity index (χ2n) is 8.53. The van der Waals surface area contributed by atoms with Crippen LogP contribution in [0.2, 0.25) is 0 Å². The van der Waals surface area contributed by atoms with E-state index in [1.165, 1.54) is 0 Å². The van der Waals surface area contributed by atoms with Crippen molar-refractivity contribution in [1.29, 1.82) is 0 Å². The molecule has 0 radical (unpaired) electrons. The van der Waals surface area contributed by atoms with Crippen LogP contribution in [0.25, 0.3) is 22.7 Å². The number of benzene rings is 3. The first-order valence-corrected chi connectivity index (χ1v) is 11.5. The van der Waals surface area contributed by atoms with Crippen LogP contribution in [0.15, 0.2) is 97.3 Å². The molecule has 1 atom stereocenters. The van der Waals surface area contributed by atoms with E-state index in [2.05, 4.69) is 17.1 Å². The minimum absolute atomic E-state index is 0.156. The molecule has 7 heteroatoms. The van der Waals surface area contributed by atoms with Crippen molar-refractivity contribution in [2.75, 3.05) is 0 Å². The molecule has 0 unspecified atom stereocenters. The Morgan fingerprint density at radius 3 is 2.20 bits per heavy atom. The van der Waals surface area contributed by atoms with Crippen LogP contribution < -0.4 is 4.74 Å². The quantitative estimate of drug-likeness (QED) is 0.348. The summed E-state index contributed by atoms with van der Waals surface area (Å²) in [7, 11) is 0. The molecule has 1 aliphatic heterocycles. The van der Waals surface area contributed by atoms with Gasteiger partial charge in [0.25, 0.3) is 0 Å². The van der Waals surface area contributed by atoms with E-state index in [1.807, 2.05) is 90.5 Å². The van der Waals surface area contributed by atoms with Crippen molar-refractivity contribution in [3.8, 4) is 28.8 Å². The van der Waals surface area contributed by atoms with Crippen molar-refractivity contribution >= 4 is 5.65 Å². The zero-order valence-electron chi connectivity index (χ0n) is 18.9. The molecule has 3 aromatic heterocycles. The molecule has 0 amide bonds. The molecular formula is C28H20N6O. The fourth-order valence-electron chi connectivity index (χ4n) is 4.81. The Bertz CT molecular complexity index is 1670. The predicted molar refractivity (Wildman–Crippen MR) is 132 cm³/mol. The molecule has 35 heavy (non-hydrogen) atoms. The Morgan fingerprint density at radius 1 is 0.771 bits per heavy atom. The summed E-state index contributed by atoms with van der Waals surface area (Å²) in [5.41, 5.74) is 6.51. The van der Waals surface area contributed by atoms with Crippen LogP contribution in [0, 0.1) is 6.92 Å². The van der Waals surface area contributed by atoms with E-state index >= 15 is 0 Å². The van der Waals surface area contributed by atoms with E-state index in [-0.39, 0.29) is 5.92 Å². The van der Waals surface area contributed by atoms with Gasteiger partial charge in [0.2, 0.25) is 11.8 Å². The molecule has 7 rings (SSSR count). The zero-order chi connectivity index (χ0) is 23.4. The maximum atomic E-state index is 6.47. The first kappa shape index (κ1) is 19.7. The van der Waals surface area contributed by atoms with Crippen LogP contribution in [0.5, 0.6) is 11.8 Å². The van der Waals surface area contributed by atoms with Gasteiger partial charge in [-0.2, -0.15) is 5.10 Å². The fourth-order valence-corrected chi connectivity index (χ4v) is 4.81. The van der Waals surface area contributed by atoms with Gasteiger partial charge in [0.1, 0.15) is 6.33 Å². The number of hydrogen-bond donors (Lipinski definition) is 0. The number of ether oxygens (including phenoxy) is 1. The molecule has 1 aliphatic rings. The number of fused-ring (bicyclic) bond motifs is 4. The number of aromatic nitrogens is 6. The standard InChI is InChI=1S/C28H20N6O/c1-18-22-23(19-11-5-2-6-12-19)24-26-30-25(20-13-7-3-8-14-20)32-33(26)17-29-27(24)35-28(22)34(31-18)21-15-9-4-10-16-21/h2-17,23H,1H3/t23-/m1/s1. The molecule has 0 aliphatic carbocycles. The van der Waals surface area contributed by atoms with Crippen molar-refractivity contribution in [2.24, 2.45) is 0 Å². The highest BCUT2D eigenvalue weighted by atomic mass is 16.5. The summed E-state index contributed by atoms with van der Waals surface area (Å²) in [6, 6.07) is 30.3. The maximum absolute atomic E-state index is 6.47. The highest BCUT2D eigenvalue weighted by molar-refractivity contribution is 5.68. The summed E-state index contributed by atoms with van der Waals surface area (Å²) in [5, 5.41) is 9.59. The summed E-state index contributed by atoms with van der Waals surface area (Å²) in [5.74, 6) is 1.68. The number of hydrogen-bond acceptors (Lipinski definition) is 5. The SMILES string of the molecule is Cc1nn(-c2ccccc2)c2c1[C@@H](c1ccccc1)c1c(ncn3nc(-c4ccccc4)nc13)O2. The minimum Gasteiger partial charge on any atom is -0.420 e. The summed E-state index contributed by atoms with van der Waals surface area (Å²) in [6.07, 6.45) is 1.66. The van der Waals surface area contributed by atoms with E-state index in [0.29, 0.717) is 17.6 Å². The largest absolute Gasteiger partial charge is 0.420 e. The third-order valence-electron chi connectivity index (χ3n) is 6.39. The van der Waals surface area contributed by atoms with Crippen LogP contribution in [0.1, 0.15) is 28.3 Å². The minimum atomic E-state index is -0.156. The lowest BCUT2D eigenvalue weighted by molar-refractivity contribution is 0.402. The lowest BCUT2D eigenvalue weighted by atomic mass is 9.84. The summed E-state index contributed by atoms with van der Waals surface area (Å²) < 4.78 is 10.1. The van der Waals surface area contributed by atoms with Crippen molar-refractivity contribution < 1.29 is 4.74 Å². The van der Waals surface area contributed by atoms with Crippen LogP contribution in [-0.4, -0.2) is 29.4 Å². The highest BCUT2D eigenvalue weighted by Gasteiger charge is 2.38. The Labute approximate surface area is 201 Å². The molecule has 7 nitrogen and oxygen atoms in total. The summed E-state index contributed by atoms with van der Waals surface area (Å²) in [6.45, 7) is 2.02. The lowest BCUT2D eigenvalue weighted by Crippen LogP contribution is -2.16. The Hall–Kier alpha value is -4.78. The molecule has 0 saturated carbocycles. The van der Waals surface area contributed by atoms with Gasteiger partial charge in [-0.15, -0.1) is 5.10 Å². The van der Waals surface area contributed by atoms with E-state index in [9.17, 15) is 0 Å². The van der Waals surface area contributed by atoms with Gasteiger partial charge in [0.05, 0.1) is 28.4 Å². The predicted octanol–water partition coefficient (Wildman–Crippen LogP) is 5.57. The fraction of sp³-hybridized carbons (Fsp3) is 0.0714. The Kier molecular flexibility index (Phi) is 4.29. The van der Waals surface area contributed by atoms with Crippen molar-refractivity contribution in [2.45, 2.75) is 12.8 Å². The second-order valence-corrected chi connectivity index (χ2v) is 8.53. The normalized spacial score (nSPS) is 14.4. The van der Waals surface area contributed by atoms with E-state index in [4.69, 9.17) is 19.9 Å². The first-order chi connectivity index (χ1) is 17.3. The third-order valence-corrected chi connectivity index (χ3v) is 6.39. The number of nitrogens with zero attached hydrogens (tertiary/aromatic N) is 6. The summed E-state index contributed by atoms with van der Waals surface area (Å²) in [4.78, 5) is 9.61. The van der Waals surface area contributed by atoms with Crippen molar-refractivity contribution in [3.63, 3.8) is 0 Å².